The summed E-state index contributed by atoms with van der Waals surface area (Å²) < 4.78 is 26.9. The number of pyridine rings is 1. The minimum absolute atomic E-state index is 0.000790. The summed E-state index contributed by atoms with van der Waals surface area (Å²) in [4.78, 5) is 34.9. The standard InChI is InChI=1S/C27H19ClFN3O4/c1-15-18(11-23(33)26-31-14-25(36-26)21-5-3-4-10-30-21)19-12-24(35-2)20(29)13-22(19)32(15)27(34)16-6-8-17(28)9-7-16/h3-10,12-14H,11H2,1-2H3. The van der Waals surface area contributed by atoms with Crippen LogP contribution in [0.15, 0.2) is 71.4 Å². The van der Waals surface area contributed by atoms with Gasteiger partial charge in [0.05, 0.1) is 18.8 Å². The van der Waals surface area contributed by atoms with Crippen LogP contribution in [0.5, 0.6) is 5.75 Å². The summed E-state index contributed by atoms with van der Waals surface area (Å²) in [5.41, 5.74) is 2.25. The highest BCUT2D eigenvalue weighted by atomic mass is 35.5. The average molecular weight is 504 g/mol. The monoisotopic (exact) mass is 503 g/mol. The maximum Gasteiger partial charge on any atom is 0.264 e. The van der Waals surface area contributed by atoms with Crippen LogP contribution in [0.3, 0.4) is 0 Å². The van der Waals surface area contributed by atoms with E-state index in [1.54, 1.807) is 55.6 Å². The summed E-state index contributed by atoms with van der Waals surface area (Å²) in [5.74, 6) is -1.14. The van der Waals surface area contributed by atoms with E-state index < -0.39 is 11.6 Å². The predicted octanol–water partition coefficient (Wildman–Crippen LogP) is 5.91. The van der Waals surface area contributed by atoms with Gasteiger partial charge in [0, 0.05) is 40.4 Å². The van der Waals surface area contributed by atoms with E-state index in [0.29, 0.717) is 44.2 Å². The molecule has 0 aliphatic rings. The number of carbonyl (C=O) groups is 2. The van der Waals surface area contributed by atoms with Gasteiger partial charge in [0.1, 0.15) is 5.69 Å². The van der Waals surface area contributed by atoms with E-state index in [0.717, 1.165) is 0 Å². The van der Waals surface area contributed by atoms with Crippen LogP contribution < -0.4 is 4.74 Å². The van der Waals surface area contributed by atoms with Gasteiger partial charge < -0.3 is 9.15 Å². The molecule has 0 bridgehead atoms. The zero-order valence-electron chi connectivity index (χ0n) is 19.3. The molecule has 0 aliphatic heterocycles. The number of carbonyl (C=O) groups excluding carboxylic acids is 2. The molecule has 2 aromatic carbocycles. The normalized spacial score (nSPS) is 11.1. The van der Waals surface area contributed by atoms with Gasteiger partial charge in [0.15, 0.2) is 17.3 Å². The van der Waals surface area contributed by atoms with Gasteiger partial charge in [-0.3, -0.25) is 19.1 Å². The number of hydrogen-bond donors (Lipinski definition) is 0. The number of rotatable bonds is 6. The number of aromatic nitrogens is 3. The number of ether oxygens (including phenoxy) is 1. The van der Waals surface area contributed by atoms with Crippen molar-refractivity contribution in [2.24, 2.45) is 0 Å². The number of nitrogens with zero attached hydrogens (tertiary/aromatic N) is 3. The van der Waals surface area contributed by atoms with E-state index in [4.69, 9.17) is 20.8 Å². The third-order valence-corrected chi connectivity index (χ3v) is 6.15. The molecule has 0 unspecified atom stereocenters. The summed E-state index contributed by atoms with van der Waals surface area (Å²) in [6, 6.07) is 14.4. The Morgan fingerprint density at radius 2 is 1.89 bits per heavy atom. The van der Waals surface area contributed by atoms with Crippen molar-refractivity contribution in [1.29, 1.82) is 0 Å². The second kappa shape index (κ2) is 9.39. The van der Waals surface area contributed by atoms with Crippen molar-refractivity contribution in [2.75, 3.05) is 7.11 Å². The first-order valence-corrected chi connectivity index (χ1v) is 11.3. The van der Waals surface area contributed by atoms with Crippen molar-refractivity contribution in [2.45, 2.75) is 13.3 Å². The summed E-state index contributed by atoms with van der Waals surface area (Å²) >= 11 is 5.97. The van der Waals surface area contributed by atoms with Crippen LogP contribution in [0, 0.1) is 12.7 Å². The second-order valence-corrected chi connectivity index (χ2v) is 8.50. The molecule has 5 rings (SSSR count). The Labute approximate surface area is 210 Å². The zero-order chi connectivity index (χ0) is 25.4. The summed E-state index contributed by atoms with van der Waals surface area (Å²) in [7, 11) is 1.35. The Hall–Kier alpha value is -4.30. The predicted molar refractivity (Wildman–Crippen MR) is 132 cm³/mol. The van der Waals surface area contributed by atoms with Crippen molar-refractivity contribution in [3.8, 4) is 17.2 Å². The Bertz CT molecular complexity index is 1610. The van der Waals surface area contributed by atoms with Crippen molar-refractivity contribution < 1.29 is 23.1 Å². The molecule has 0 spiro atoms. The minimum Gasteiger partial charge on any atom is -0.494 e. The van der Waals surface area contributed by atoms with E-state index >= 15 is 0 Å². The van der Waals surface area contributed by atoms with Crippen LogP contribution >= 0.6 is 11.6 Å². The summed E-state index contributed by atoms with van der Waals surface area (Å²) in [5, 5.41) is 0.997. The Morgan fingerprint density at radius 1 is 1.11 bits per heavy atom. The molecule has 0 aliphatic carbocycles. The lowest BCUT2D eigenvalue weighted by molar-refractivity contribution is 0.0948. The number of Topliss-reactive ketones (excluding diaryl/α,β-unsaturated/α-hetero) is 1. The van der Waals surface area contributed by atoms with Crippen LogP contribution in [0.1, 0.15) is 32.3 Å². The first-order valence-electron chi connectivity index (χ1n) is 11.0. The fourth-order valence-electron chi connectivity index (χ4n) is 4.11. The van der Waals surface area contributed by atoms with E-state index in [-0.39, 0.29) is 24.0 Å². The van der Waals surface area contributed by atoms with Crippen LogP contribution in [-0.4, -0.2) is 33.3 Å². The molecule has 3 aromatic heterocycles. The molecular weight excluding hydrogens is 485 g/mol. The lowest BCUT2D eigenvalue weighted by atomic mass is 10.0. The van der Waals surface area contributed by atoms with E-state index in [2.05, 4.69) is 9.97 Å². The molecule has 5 aromatic rings. The number of methoxy groups -OCH3 is 1. The molecule has 0 saturated heterocycles. The summed E-state index contributed by atoms with van der Waals surface area (Å²) in [6.45, 7) is 1.70. The fraction of sp³-hybridized carbons (Fsp3) is 0.111. The molecular formula is C27H19ClFN3O4. The Balaban J connectivity index is 1.58. The molecule has 3 heterocycles. The lowest BCUT2D eigenvalue weighted by Gasteiger charge is -2.08. The first-order chi connectivity index (χ1) is 17.4. The number of benzene rings is 2. The third kappa shape index (κ3) is 4.16. The molecule has 0 radical (unpaired) electrons. The van der Waals surface area contributed by atoms with Gasteiger partial charge >= 0.3 is 0 Å². The largest absolute Gasteiger partial charge is 0.494 e. The van der Waals surface area contributed by atoms with Crippen LogP contribution in [0.2, 0.25) is 5.02 Å². The maximum absolute atomic E-state index is 14.7. The molecule has 9 heteroatoms. The Kier molecular flexibility index (Phi) is 6.12. The molecule has 0 amide bonds. The molecule has 0 N–H and O–H groups in total. The van der Waals surface area contributed by atoms with Crippen molar-refractivity contribution >= 4 is 34.2 Å². The zero-order valence-corrected chi connectivity index (χ0v) is 20.0. The molecule has 7 nitrogen and oxygen atoms in total. The SMILES string of the molecule is COc1cc2c(CC(=O)c3ncc(-c4ccccn4)o3)c(C)n(C(=O)c3ccc(Cl)cc3)c2cc1F. The van der Waals surface area contributed by atoms with Gasteiger partial charge in [-0.2, -0.15) is 0 Å². The lowest BCUT2D eigenvalue weighted by Crippen LogP contribution is -2.14. The first kappa shape index (κ1) is 23.4. The molecule has 0 fully saturated rings. The van der Waals surface area contributed by atoms with Crippen molar-refractivity contribution in [3.63, 3.8) is 0 Å². The van der Waals surface area contributed by atoms with Crippen molar-refractivity contribution in [1.82, 2.24) is 14.5 Å². The van der Waals surface area contributed by atoms with Gasteiger partial charge in [-0.1, -0.05) is 17.7 Å². The Morgan fingerprint density at radius 3 is 2.58 bits per heavy atom. The number of halogens is 2. The molecule has 0 saturated carbocycles. The minimum atomic E-state index is -0.627. The topological polar surface area (TPSA) is 87.2 Å². The van der Waals surface area contributed by atoms with Crippen LogP contribution in [0.25, 0.3) is 22.4 Å². The van der Waals surface area contributed by atoms with Crippen LogP contribution in [0.4, 0.5) is 4.39 Å². The smallest absolute Gasteiger partial charge is 0.264 e. The average Bonchev–Trinajstić information content (AvgIpc) is 3.48. The van der Waals surface area contributed by atoms with E-state index in [1.165, 1.54) is 30.0 Å². The number of hydrogen-bond acceptors (Lipinski definition) is 6. The fourth-order valence-corrected chi connectivity index (χ4v) is 4.24. The third-order valence-electron chi connectivity index (χ3n) is 5.90. The highest BCUT2D eigenvalue weighted by molar-refractivity contribution is 6.30. The number of oxazole rings is 1. The van der Waals surface area contributed by atoms with E-state index in [1.807, 2.05) is 0 Å². The highest BCUT2D eigenvalue weighted by Crippen LogP contribution is 2.33. The van der Waals surface area contributed by atoms with Gasteiger partial charge in [0.25, 0.3) is 11.8 Å². The molecule has 180 valence electrons. The molecule has 36 heavy (non-hydrogen) atoms. The maximum atomic E-state index is 14.7. The number of fused-ring (bicyclic) bond motifs is 1. The van der Waals surface area contributed by atoms with Gasteiger partial charge in [-0.05, 0) is 55.0 Å². The van der Waals surface area contributed by atoms with Crippen molar-refractivity contribution in [3.05, 3.63) is 101 Å². The number of ketones is 1. The van der Waals surface area contributed by atoms with Gasteiger partial charge in [0.2, 0.25) is 5.78 Å². The highest BCUT2D eigenvalue weighted by Gasteiger charge is 2.25. The van der Waals surface area contributed by atoms with Crippen LogP contribution in [-0.2, 0) is 6.42 Å². The molecule has 0 atom stereocenters. The van der Waals surface area contributed by atoms with Gasteiger partial charge in [-0.25, -0.2) is 9.37 Å². The summed E-state index contributed by atoms with van der Waals surface area (Å²) in [6.07, 6.45) is 2.93. The second-order valence-electron chi connectivity index (χ2n) is 8.06. The quantitative estimate of drug-likeness (QED) is 0.267. The van der Waals surface area contributed by atoms with E-state index in [9.17, 15) is 14.0 Å². The van der Waals surface area contributed by atoms with Gasteiger partial charge in [-0.15, -0.1) is 0 Å².